The van der Waals surface area contributed by atoms with E-state index in [2.05, 4.69) is 21.2 Å². The third-order valence-corrected chi connectivity index (χ3v) is 4.89. The molecule has 23 heavy (non-hydrogen) atoms. The molecule has 0 saturated carbocycles. The van der Waals surface area contributed by atoms with Crippen molar-refractivity contribution in [2.45, 2.75) is 30.7 Å². The molecule has 2 heterocycles. The van der Waals surface area contributed by atoms with E-state index < -0.39 is 17.4 Å². The fraction of sp³-hybridized carbons (Fsp3) is 0.500. The highest BCUT2D eigenvalue weighted by atomic mass is 79.9. The number of carboxylic acids is 1. The van der Waals surface area contributed by atoms with E-state index in [1.807, 2.05) is 18.2 Å². The van der Waals surface area contributed by atoms with Crippen LogP contribution in [0.1, 0.15) is 30.7 Å². The lowest BCUT2D eigenvalue weighted by atomic mass is 9.85. The van der Waals surface area contributed by atoms with Gasteiger partial charge in [0.05, 0.1) is 12.0 Å². The molecule has 0 radical (unpaired) electrons. The summed E-state index contributed by atoms with van der Waals surface area (Å²) in [7, 11) is 0. The number of carbonyl (C=O) groups excluding carboxylic acids is 1. The molecular weight excluding hydrogens is 366 g/mol. The second-order valence-electron chi connectivity index (χ2n) is 6.00. The fourth-order valence-electron chi connectivity index (χ4n) is 3.15. The third kappa shape index (κ3) is 3.50. The highest BCUT2D eigenvalue weighted by Crippen LogP contribution is 2.37. The van der Waals surface area contributed by atoms with Crippen molar-refractivity contribution in [2.24, 2.45) is 0 Å². The van der Waals surface area contributed by atoms with Crippen molar-refractivity contribution in [1.29, 1.82) is 0 Å². The molecule has 1 saturated heterocycles. The molecule has 0 spiro atoms. The summed E-state index contributed by atoms with van der Waals surface area (Å²) in [5.41, 5.74) is 0.0880. The van der Waals surface area contributed by atoms with E-state index in [9.17, 15) is 14.7 Å². The number of halogens is 1. The van der Waals surface area contributed by atoms with Gasteiger partial charge in [-0.05, 0) is 31.0 Å². The van der Waals surface area contributed by atoms with Gasteiger partial charge in [-0.15, -0.1) is 0 Å². The SMILES string of the molecule is O=C(O)CC1(NC(=O)C2COc3ccc(Br)cc32)CCOCC1. The zero-order valence-corrected chi connectivity index (χ0v) is 14.1. The normalized spacial score (nSPS) is 22.0. The van der Waals surface area contributed by atoms with Crippen LogP contribution in [0.2, 0.25) is 0 Å². The quantitative estimate of drug-likeness (QED) is 0.830. The first-order chi connectivity index (χ1) is 11.0. The maximum Gasteiger partial charge on any atom is 0.305 e. The van der Waals surface area contributed by atoms with Crippen molar-refractivity contribution in [3.8, 4) is 5.75 Å². The summed E-state index contributed by atoms with van der Waals surface area (Å²) in [4.78, 5) is 23.9. The van der Waals surface area contributed by atoms with Crippen molar-refractivity contribution >= 4 is 27.8 Å². The molecule has 1 atom stereocenters. The lowest BCUT2D eigenvalue weighted by Crippen LogP contribution is -2.54. The number of benzene rings is 1. The van der Waals surface area contributed by atoms with E-state index in [0.717, 1.165) is 10.0 Å². The van der Waals surface area contributed by atoms with E-state index in [1.165, 1.54) is 0 Å². The van der Waals surface area contributed by atoms with Crippen LogP contribution < -0.4 is 10.1 Å². The topological polar surface area (TPSA) is 84.9 Å². The summed E-state index contributed by atoms with van der Waals surface area (Å²) in [6.45, 7) is 1.19. The molecular formula is C16H18BrNO5. The number of rotatable bonds is 4. The van der Waals surface area contributed by atoms with Crippen LogP contribution in [0.3, 0.4) is 0 Å². The lowest BCUT2D eigenvalue weighted by molar-refractivity contribution is -0.140. The van der Waals surface area contributed by atoms with E-state index in [-0.39, 0.29) is 18.9 Å². The van der Waals surface area contributed by atoms with Crippen LogP contribution >= 0.6 is 15.9 Å². The Labute approximate surface area is 142 Å². The van der Waals surface area contributed by atoms with Gasteiger partial charge in [0.1, 0.15) is 18.3 Å². The van der Waals surface area contributed by atoms with Crippen molar-refractivity contribution < 1.29 is 24.2 Å². The van der Waals surface area contributed by atoms with Gasteiger partial charge in [-0.25, -0.2) is 0 Å². The summed E-state index contributed by atoms with van der Waals surface area (Å²) >= 11 is 3.40. The van der Waals surface area contributed by atoms with Gasteiger partial charge in [0.25, 0.3) is 0 Å². The number of aliphatic carboxylic acids is 1. The van der Waals surface area contributed by atoms with Crippen LogP contribution in [-0.4, -0.2) is 42.3 Å². The maximum atomic E-state index is 12.7. The number of carboxylic acid groups (broad SMARTS) is 1. The Morgan fingerprint density at radius 1 is 1.35 bits per heavy atom. The van der Waals surface area contributed by atoms with Gasteiger partial charge in [0.2, 0.25) is 5.91 Å². The molecule has 2 N–H and O–H groups in total. The van der Waals surface area contributed by atoms with Crippen LogP contribution in [0.4, 0.5) is 0 Å². The highest BCUT2D eigenvalue weighted by molar-refractivity contribution is 9.10. The lowest BCUT2D eigenvalue weighted by Gasteiger charge is -2.37. The van der Waals surface area contributed by atoms with Crippen molar-refractivity contribution in [2.75, 3.05) is 19.8 Å². The molecule has 2 aliphatic rings. The maximum absolute atomic E-state index is 12.7. The molecule has 0 bridgehead atoms. The average Bonchev–Trinajstić information content (AvgIpc) is 2.90. The van der Waals surface area contributed by atoms with E-state index in [1.54, 1.807) is 0 Å². The summed E-state index contributed by atoms with van der Waals surface area (Å²) in [6.07, 6.45) is 0.912. The smallest absolute Gasteiger partial charge is 0.305 e. The van der Waals surface area contributed by atoms with Gasteiger partial charge < -0.3 is 19.9 Å². The molecule has 6 nitrogen and oxygen atoms in total. The molecule has 1 fully saturated rings. The number of hydrogen-bond donors (Lipinski definition) is 2. The number of ether oxygens (including phenoxy) is 2. The zero-order chi connectivity index (χ0) is 16.4. The fourth-order valence-corrected chi connectivity index (χ4v) is 3.53. The average molecular weight is 384 g/mol. The summed E-state index contributed by atoms with van der Waals surface area (Å²) < 4.78 is 11.8. The predicted molar refractivity (Wildman–Crippen MR) is 85.6 cm³/mol. The second-order valence-corrected chi connectivity index (χ2v) is 6.91. The Kier molecular flexibility index (Phi) is 4.59. The van der Waals surface area contributed by atoms with E-state index in [0.29, 0.717) is 31.8 Å². The highest BCUT2D eigenvalue weighted by Gasteiger charge is 2.40. The van der Waals surface area contributed by atoms with Crippen LogP contribution in [-0.2, 0) is 14.3 Å². The van der Waals surface area contributed by atoms with Crippen LogP contribution in [0, 0.1) is 0 Å². The van der Waals surface area contributed by atoms with Gasteiger partial charge in [-0.3, -0.25) is 9.59 Å². The minimum Gasteiger partial charge on any atom is -0.492 e. The van der Waals surface area contributed by atoms with Crippen molar-refractivity contribution in [3.63, 3.8) is 0 Å². The van der Waals surface area contributed by atoms with E-state index >= 15 is 0 Å². The van der Waals surface area contributed by atoms with Crippen LogP contribution in [0.15, 0.2) is 22.7 Å². The summed E-state index contributed by atoms with van der Waals surface area (Å²) in [6, 6.07) is 5.57. The number of nitrogens with one attached hydrogen (secondary N) is 1. The summed E-state index contributed by atoms with van der Waals surface area (Å²) in [5, 5.41) is 12.2. The van der Waals surface area contributed by atoms with Gasteiger partial charge in [0.15, 0.2) is 0 Å². The molecule has 0 aliphatic carbocycles. The molecule has 3 rings (SSSR count). The van der Waals surface area contributed by atoms with E-state index in [4.69, 9.17) is 9.47 Å². The summed E-state index contributed by atoms with van der Waals surface area (Å²) in [5.74, 6) is -0.827. The largest absolute Gasteiger partial charge is 0.492 e. The second kappa shape index (κ2) is 6.49. The minimum absolute atomic E-state index is 0.0962. The Morgan fingerprint density at radius 2 is 2.09 bits per heavy atom. The standard InChI is InChI=1S/C16H18BrNO5/c17-10-1-2-13-11(7-10)12(9-23-13)15(21)18-16(8-14(19)20)3-5-22-6-4-16/h1-2,7,12H,3-6,8-9H2,(H,18,21)(H,19,20). The first-order valence-electron chi connectivity index (χ1n) is 7.53. The molecule has 7 heteroatoms. The molecule has 1 amide bonds. The number of hydrogen-bond acceptors (Lipinski definition) is 4. The first-order valence-corrected chi connectivity index (χ1v) is 8.32. The minimum atomic E-state index is -0.919. The Bertz CT molecular complexity index is 627. The zero-order valence-electron chi connectivity index (χ0n) is 12.5. The van der Waals surface area contributed by atoms with Gasteiger partial charge >= 0.3 is 5.97 Å². The predicted octanol–water partition coefficient (Wildman–Crippen LogP) is 2.07. The number of fused-ring (bicyclic) bond motifs is 1. The van der Waals surface area contributed by atoms with Crippen molar-refractivity contribution in [3.05, 3.63) is 28.2 Å². The van der Waals surface area contributed by atoms with Gasteiger partial charge in [-0.2, -0.15) is 0 Å². The molecule has 124 valence electrons. The van der Waals surface area contributed by atoms with Crippen LogP contribution in [0.5, 0.6) is 5.75 Å². The number of carbonyl (C=O) groups is 2. The Hall–Kier alpha value is -1.60. The molecule has 1 aromatic carbocycles. The third-order valence-electron chi connectivity index (χ3n) is 4.40. The number of amides is 1. The Morgan fingerprint density at radius 3 is 2.78 bits per heavy atom. The van der Waals surface area contributed by atoms with Gasteiger partial charge in [-0.1, -0.05) is 15.9 Å². The molecule has 1 aromatic rings. The molecule has 1 unspecified atom stereocenters. The molecule has 0 aromatic heterocycles. The Balaban J connectivity index is 1.78. The van der Waals surface area contributed by atoms with Crippen molar-refractivity contribution in [1.82, 2.24) is 5.32 Å². The van der Waals surface area contributed by atoms with Gasteiger partial charge in [0, 0.05) is 23.2 Å². The molecule has 2 aliphatic heterocycles. The van der Waals surface area contributed by atoms with Crippen LogP contribution in [0.25, 0.3) is 0 Å². The first kappa shape index (κ1) is 16.3. The monoisotopic (exact) mass is 383 g/mol.